The zero-order valence-electron chi connectivity index (χ0n) is 20.3. The van der Waals surface area contributed by atoms with Crippen LogP contribution >= 0.6 is 0 Å². The number of imide groups is 2. The van der Waals surface area contributed by atoms with Gasteiger partial charge in [0.2, 0.25) is 0 Å². The van der Waals surface area contributed by atoms with Crippen molar-refractivity contribution in [3.63, 3.8) is 0 Å². The highest BCUT2D eigenvalue weighted by atomic mass is 16.2. The summed E-state index contributed by atoms with van der Waals surface area (Å²) < 4.78 is 2.10. The molecule has 0 atom stereocenters. The van der Waals surface area contributed by atoms with Crippen LogP contribution in [0.25, 0.3) is 23.0 Å². The number of nitrogens with one attached hydrogen (secondary N) is 1. The number of anilines is 1. The molecule has 4 amide bonds. The van der Waals surface area contributed by atoms with E-state index in [0.29, 0.717) is 11.3 Å². The molecule has 0 radical (unpaired) electrons. The Kier molecular flexibility index (Phi) is 5.86. The molecule has 6 heteroatoms. The van der Waals surface area contributed by atoms with Gasteiger partial charge in [-0.05, 0) is 79.4 Å². The second-order valence-corrected chi connectivity index (χ2v) is 8.91. The molecule has 0 saturated carbocycles. The first-order valence-corrected chi connectivity index (χ1v) is 11.7. The van der Waals surface area contributed by atoms with Crippen molar-refractivity contribution in [1.29, 1.82) is 0 Å². The summed E-state index contributed by atoms with van der Waals surface area (Å²) in [7, 11) is 0. The summed E-state index contributed by atoms with van der Waals surface area (Å²) in [6.07, 6.45) is 1.57. The number of aromatic nitrogens is 1. The van der Waals surface area contributed by atoms with Crippen LogP contribution in [0.1, 0.15) is 22.4 Å². The van der Waals surface area contributed by atoms with Crippen LogP contribution in [-0.4, -0.2) is 22.4 Å². The van der Waals surface area contributed by atoms with Gasteiger partial charge in [0.15, 0.2) is 0 Å². The van der Waals surface area contributed by atoms with Gasteiger partial charge in [0.1, 0.15) is 5.57 Å². The fraction of sp³-hybridized carbons (Fsp3) is 0.100. The minimum Gasteiger partial charge on any atom is -0.313 e. The number of para-hydroxylation sites is 1. The number of benzene rings is 3. The smallest absolute Gasteiger partial charge is 0.313 e. The SMILES string of the molecule is Cc1cc(C)cc(N2C(=O)NC(=O)C(=Cc3cc(-c4ccccc4)n(-c4ccccc4)c3C)C2=O)c1. The Balaban J connectivity index is 1.64. The molecule has 3 aromatic carbocycles. The van der Waals surface area contributed by atoms with Gasteiger partial charge in [-0.15, -0.1) is 0 Å². The third-order valence-electron chi connectivity index (χ3n) is 6.24. The van der Waals surface area contributed by atoms with E-state index in [1.807, 2.05) is 93.6 Å². The highest BCUT2D eigenvalue weighted by molar-refractivity contribution is 6.39. The van der Waals surface area contributed by atoms with E-state index in [4.69, 9.17) is 0 Å². The second kappa shape index (κ2) is 9.15. The zero-order valence-corrected chi connectivity index (χ0v) is 20.3. The van der Waals surface area contributed by atoms with E-state index in [2.05, 4.69) is 9.88 Å². The van der Waals surface area contributed by atoms with Gasteiger partial charge in [-0.2, -0.15) is 0 Å². The van der Waals surface area contributed by atoms with Gasteiger partial charge in [-0.1, -0.05) is 54.6 Å². The summed E-state index contributed by atoms with van der Waals surface area (Å²) in [5.74, 6) is -1.36. The van der Waals surface area contributed by atoms with Gasteiger partial charge in [0.25, 0.3) is 11.8 Å². The Bertz CT molecular complexity index is 1510. The summed E-state index contributed by atoms with van der Waals surface area (Å²) in [5, 5.41) is 2.32. The first-order chi connectivity index (χ1) is 17.3. The van der Waals surface area contributed by atoms with Gasteiger partial charge >= 0.3 is 6.03 Å². The minimum atomic E-state index is -0.754. The maximum atomic E-state index is 13.5. The molecule has 36 heavy (non-hydrogen) atoms. The minimum absolute atomic E-state index is 0.0957. The number of carbonyl (C=O) groups excluding carboxylic acids is 3. The van der Waals surface area contributed by atoms with Crippen molar-refractivity contribution in [3.05, 3.63) is 113 Å². The summed E-state index contributed by atoms with van der Waals surface area (Å²) >= 11 is 0. The van der Waals surface area contributed by atoms with Gasteiger partial charge in [-0.25, -0.2) is 9.69 Å². The van der Waals surface area contributed by atoms with E-state index in [0.717, 1.165) is 38.7 Å². The average molecular weight is 476 g/mol. The third-order valence-corrected chi connectivity index (χ3v) is 6.24. The maximum Gasteiger partial charge on any atom is 0.335 e. The molecule has 0 spiro atoms. The van der Waals surface area contributed by atoms with Crippen molar-refractivity contribution in [2.45, 2.75) is 20.8 Å². The Morgan fingerprint density at radius 3 is 1.97 bits per heavy atom. The van der Waals surface area contributed by atoms with Crippen LogP contribution in [0.15, 0.2) is 90.5 Å². The molecule has 4 aromatic rings. The van der Waals surface area contributed by atoms with Gasteiger partial charge in [-0.3, -0.25) is 14.9 Å². The van der Waals surface area contributed by atoms with Crippen molar-refractivity contribution in [3.8, 4) is 16.9 Å². The highest BCUT2D eigenvalue weighted by Gasteiger charge is 2.37. The van der Waals surface area contributed by atoms with Crippen LogP contribution in [0.2, 0.25) is 0 Å². The van der Waals surface area contributed by atoms with Crippen LogP contribution in [-0.2, 0) is 9.59 Å². The number of hydrogen-bond donors (Lipinski definition) is 1. The molecule has 1 aromatic heterocycles. The summed E-state index contributed by atoms with van der Waals surface area (Å²) in [5.41, 5.74) is 6.63. The Hall–Kier alpha value is -4.71. The summed E-state index contributed by atoms with van der Waals surface area (Å²) in [6.45, 7) is 5.74. The Morgan fingerprint density at radius 1 is 0.722 bits per heavy atom. The number of hydrogen-bond acceptors (Lipinski definition) is 3. The molecule has 0 unspecified atom stereocenters. The lowest BCUT2D eigenvalue weighted by Gasteiger charge is -2.27. The number of rotatable bonds is 4. The molecule has 1 fully saturated rings. The highest BCUT2D eigenvalue weighted by Crippen LogP contribution is 2.32. The van der Waals surface area contributed by atoms with E-state index in [1.165, 1.54) is 0 Å². The Morgan fingerprint density at radius 2 is 1.33 bits per heavy atom. The van der Waals surface area contributed by atoms with Crippen molar-refractivity contribution < 1.29 is 14.4 Å². The Labute approximate surface area is 209 Å². The van der Waals surface area contributed by atoms with E-state index >= 15 is 0 Å². The number of barbiturate groups is 1. The van der Waals surface area contributed by atoms with Crippen molar-refractivity contribution in [1.82, 2.24) is 9.88 Å². The molecule has 1 N–H and O–H groups in total. The van der Waals surface area contributed by atoms with E-state index in [-0.39, 0.29) is 5.57 Å². The van der Waals surface area contributed by atoms with Crippen LogP contribution in [0, 0.1) is 20.8 Å². The predicted molar refractivity (Wildman–Crippen MR) is 141 cm³/mol. The quantitative estimate of drug-likeness (QED) is 0.302. The normalized spacial score (nSPS) is 14.9. The van der Waals surface area contributed by atoms with E-state index in [9.17, 15) is 14.4 Å². The van der Waals surface area contributed by atoms with Crippen LogP contribution < -0.4 is 10.2 Å². The molecule has 178 valence electrons. The monoisotopic (exact) mass is 475 g/mol. The zero-order chi connectivity index (χ0) is 25.4. The number of carbonyl (C=O) groups is 3. The molecule has 1 aliphatic heterocycles. The fourth-order valence-electron chi connectivity index (χ4n) is 4.63. The predicted octanol–water partition coefficient (Wildman–Crippen LogP) is 5.74. The molecule has 1 aliphatic rings. The van der Waals surface area contributed by atoms with Crippen molar-refractivity contribution >= 4 is 29.6 Å². The molecule has 1 saturated heterocycles. The number of aryl methyl sites for hydroxylation is 2. The first-order valence-electron chi connectivity index (χ1n) is 11.7. The molecule has 0 bridgehead atoms. The largest absolute Gasteiger partial charge is 0.335 e. The molecule has 2 heterocycles. The van der Waals surface area contributed by atoms with Gasteiger partial charge < -0.3 is 4.57 Å². The fourth-order valence-corrected chi connectivity index (χ4v) is 4.63. The lowest BCUT2D eigenvalue weighted by molar-refractivity contribution is -0.122. The van der Waals surface area contributed by atoms with E-state index < -0.39 is 17.8 Å². The van der Waals surface area contributed by atoms with Crippen LogP contribution in [0.3, 0.4) is 0 Å². The standard InChI is InChI=1S/C30H25N3O3/c1-19-14-20(2)16-25(15-19)33-29(35)26(28(34)31-30(33)36)17-23-18-27(22-10-6-4-7-11-22)32(21(23)3)24-12-8-5-9-13-24/h4-18H,1-3H3,(H,31,34,36). The lowest BCUT2D eigenvalue weighted by atomic mass is 10.1. The molecule has 6 nitrogen and oxygen atoms in total. The maximum absolute atomic E-state index is 13.5. The summed E-state index contributed by atoms with van der Waals surface area (Å²) in [4.78, 5) is 40.0. The van der Waals surface area contributed by atoms with Crippen molar-refractivity contribution in [2.75, 3.05) is 4.90 Å². The van der Waals surface area contributed by atoms with E-state index in [1.54, 1.807) is 18.2 Å². The van der Waals surface area contributed by atoms with Crippen LogP contribution in [0.4, 0.5) is 10.5 Å². The molecule has 0 aliphatic carbocycles. The molecular weight excluding hydrogens is 450 g/mol. The molecular formula is C30H25N3O3. The topological polar surface area (TPSA) is 71.4 Å². The number of amides is 4. The summed E-state index contributed by atoms with van der Waals surface area (Å²) in [6, 6.07) is 26.5. The number of nitrogens with zero attached hydrogens (tertiary/aromatic N) is 2. The number of urea groups is 1. The lowest BCUT2D eigenvalue weighted by Crippen LogP contribution is -2.54. The average Bonchev–Trinajstić information content (AvgIpc) is 3.18. The van der Waals surface area contributed by atoms with Gasteiger partial charge in [0, 0.05) is 11.4 Å². The first kappa shape index (κ1) is 23.1. The molecule has 5 rings (SSSR count). The van der Waals surface area contributed by atoms with Crippen LogP contribution in [0.5, 0.6) is 0 Å². The van der Waals surface area contributed by atoms with Gasteiger partial charge in [0.05, 0.1) is 11.4 Å². The third kappa shape index (κ3) is 4.14. The second-order valence-electron chi connectivity index (χ2n) is 8.91. The van der Waals surface area contributed by atoms with Crippen molar-refractivity contribution in [2.24, 2.45) is 0 Å².